The Morgan fingerprint density at radius 1 is 0.889 bits per heavy atom. The average Bonchev–Trinajstić information content (AvgIpc) is 2.81. The lowest BCUT2D eigenvalue weighted by atomic mass is 10.1. The Morgan fingerprint density at radius 3 is 2.44 bits per heavy atom. The monoisotopic (exact) mass is 234 g/mol. The predicted molar refractivity (Wildman–Crippen MR) is 75.3 cm³/mol. The Labute approximate surface area is 107 Å². The molecule has 0 unspecified atom stereocenters. The minimum atomic E-state index is 0.305. The summed E-state index contributed by atoms with van der Waals surface area (Å²) in [7, 11) is 0. The molecule has 0 atom stereocenters. The molecular weight excluding hydrogens is 220 g/mol. The van der Waals surface area contributed by atoms with Crippen LogP contribution in [-0.2, 0) is 6.42 Å². The van der Waals surface area contributed by atoms with Gasteiger partial charge in [0.1, 0.15) is 5.75 Å². The standard InChI is InChI=1S/C17H14O/c18-17-9-7-13(8-10-17)5-6-14-11-15-3-1-2-4-16(15)12-14/h1-11,18H,12H2. The molecule has 1 N–H and O–H groups in total. The maximum absolute atomic E-state index is 9.22. The average molecular weight is 234 g/mol. The molecule has 2 aromatic rings. The smallest absolute Gasteiger partial charge is 0.115 e. The summed E-state index contributed by atoms with van der Waals surface area (Å²) >= 11 is 0. The van der Waals surface area contributed by atoms with Crippen LogP contribution in [-0.4, -0.2) is 5.11 Å². The van der Waals surface area contributed by atoms with Crippen LogP contribution in [0.1, 0.15) is 16.7 Å². The summed E-state index contributed by atoms with van der Waals surface area (Å²) in [5.74, 6) is 0.305. The number of benzene rings is 2. The number of rotatable bonds is 2. The van der Waals surface area contributed by atoms with Crippen LogP contribution in [0.25, 0.3) is 12.2 Å². The molecule has 3 rings (SSSR count). The van der Waals surface area contributed by atoms with Crippen LogP contribution in [0.2, 0.25) is 0 Å². The topological polar surface area (TPSA) is 20.2 Å². The Kier molecular flexibility index (Phi) is 2.73. The normalized spacial score (nSPS) is 13.7. The third kappa shape index (κ3) is 2.21. The summed E-state index contributed by atoms with van der Waals surface area (Å²) < 4.78 is 0. The first-order chi connectivity index (χ1) is 8.81. The van der Waals surface area contributed by atoms with Crippen molar-refractivity contribution in [2.45, 2.75) is 6.42 Å². The lowest BCUT2D eigenvalue weighted by Gasteiger charge is -1.96. The van der Waals surface area contributed by atoms with Gasteiger partial charge in [0.25, 0.3) is 0 Å². The first kappa shape index (κ1) is 10.8. The summed E-state index contributed by atoms with van der Waals surface area (Å²) in [5, 5.41) is 9.22. The Hall–Kier alpha value is -2.28. The van der Waals surface area contributed by atoms with Crippen molar-refractivity contribution in [1.82, 2.24) is 0 Å². The van der Waals surface area contributed by atoms with Crippen molar-refractivity contribution in [3.05, 3.63) is 76.9 Å². The van der Waals surface area contributed by atoms with Crippen molar-refractivity contribution in [1.29, 1.82) is 0 Å². The molecule has 1 aliphatic carbocycles. The van der Waals surface area contributed by atoms with Gasteiger partial charge in [0.15, 0.2) is 0 Å². The third-order valence-corrected chi connectivity index (χ3v) is 3.17. The van der Waals surface area contributed by atoms with E-state index in [1.165, 1.54) is 16.7 Å². The number of hydrogen-bond acceptors (Lipinski definition) is 1. The molecule has 0 radical (unpaired) electrons. The Bertz CT molecular complexity index is 618. The number of phenols is 1. The maximum atomic E-state index is 9.22. The van der Waals surface area contributed by atoms with Crippen molar-refractivity contribution in [3.63, 3.8) is 0 Å². The SMILES string of the molecule is Oc1ccc(C=CC2=Cc3ccccc3C2)cc1. The number of fused-ring (bicyclic) bond motifs is 1. The predicted octanol–water partition coefficient (Wildman–Crippen LogP) is 4.05. The van der Waals surface area contributed by atoms with E-state index in [0.717, 1.165) is 12.0 Å². The first-order valence-electron chi connectivity index (χ1n) is 6.07. The molecule has 0 aliphatic heterocycles. The zero-order chi connectivity index (χ0) is 12.4. The van der Waals surface area contributed by atoms with Crippen LogP contribution >= 0.6 is 0 Å². The highest BCUT2D eigenvalue weighted by molar-refractivity contribution is 5.69. The zero-order valence-corrected chi connectivity index (χ0v) is 10.0. The van der Waals surface area contributed by atoms with Crippen molar-refractivity contribution in [2.24, 2.45) is 0 Å². The zero-order valence-electron chi connectivity index (χ0n) is 10.0. The van der Waals surface area contributed by atoms with Gasteiger partial charge in [0.2, 0.25) is 0 Å². The summed E-state index contributed by atoms with van der Waals surface area (Å²) in [4.78, 5) is 0. The van der Waals surface area contributed by atoms with Crippen LogP contribution < -0.4 is 0 Å². The van der Waals surface area contributed by atoms with Crippen LogP contribution in [0, 0.1) is 0 Å². The molecule has 0 aromatic heterocycles. The lowest BCUT2D eigenvalue weighted by Crippen LogP contribution is -1.81. The Morgan fingerprint density at radius 2 is 1.67 bits per heavy atom. The minimum Gasteiger partial charge on any atom is -0.508 e. The highest BCUT2D eigenvalue weighted by Gasteiger charge is 2.08. The molecule has 0 fully saturated rings. The van der Waals surface area contributed by atoms with Gasteiger partial charge < -0.3 is 5.11 Å². The highest BCUT2D eigenvalue weighted by atomic mass is 16.3. The van der Waals surface area contributed by atoms with E-state index < -0.39 is 0 Å². The van der Waals surface area contributed by atoms with Crippen molar-refractivity contribution in [2.75, 3.05) is 0 Å². The molecule has 1 heteroatoms. The number of hydrogen-bond donors (Lipinski definition) is 1. The first-order valence-corrected chi connectivity index (χ1v) is 6.07. The van der Waals surface area contributed by atoms with E-state index in [2.05, 4.69) is 42.5 Å². The second kappa shape index (κ2) is 4.53. The van der Waals surface area contributed by atoms with Crippen LogP contribution in [0.3, 0.4) is 0 Å². The van der Waals surface area contributed by atoms with Gasteiger partial charge in [-0.3, -0.25) is 0 Å². The van der Waals surface area contributed by atoms with E-state index in [1.54, 1.807) is 12.1 Å². The lowest BCUT2D eigenvalue weighted by molar-refractivity contribution is 0.475. The maximum Gasteiger partial charge on any atom is 0.115 e. The second-order valence-corrected chi connectivity index (χ2v) is 4.52. The fourth-order valence-corrected chi connectivity index (χ4v) is 2.20. The number of phenolic OH excluding ortho intramolecular Hbond substituents is 1. The summed E-state index contributed by atoms with van der Waals surface area (Å²) in [6.07, 6.45) is 7.46. The fourth-order valence-electron chi connectivity index (χ4n) is 2.20. The van der Waals surface area contributed by atoms with Gasteiger partial charge in [0.05, 0.1) is 0 Å². The Balaban J connectivity index is 1.78. The molecule has 1 nitrogen and oxygen atoms in total. The van der Waals surface area contributed by atoms with E-state index in [9.17, 15) is 5.11 Å². The molecule has 0 saturated carbocycles. The molecule has 88 valence electrons. The number of allylic oxidation sites excluding steroid dienone is 2. The molecule has 0 amide bonds. The third-order valence-electron chi connectivity index (χ3n) is 3.17. The molecule has 1 aliphatic rings. The molecule has 2 aromatic carbocycles. The van der Waals surface area contributed by atoms with E-state index >= 15 is 0 Å². The molecule has 18 heavy (non-hydrogen) atoms. The molecule has 0 spiro atoms. The van der Waals surface area contributed by atoms with Crippen molar-refractivity contribution < 1.29 is 5.11 Å². The minimum absolute atomic E-state index is 0.305. The number of aromatic hydroxyl groups is 1. The molecule has 0 saturated heterocycles. The van der Waals surface area contributed by atoms with Gasteiger partial charge in [-0.2, -0.15) is 0 Å². The molecule has 0 heterocycles. The van der Waals surface area contributed by atoms with Gasteiger partial charge in [-0.25, -0.2) is 0 Å². The second-order valence-electron chi connectivity index (χ2n) is 4.52. The van der Waals surface area contributed by atoms with E-state index in [4.69, 9.17) is 0 Å². The van der Waals surface area contributed by atoms with Crippen LogP contribution in [0.4, 0.5) is 0 Å². The van der Waals surface area contributed by atoms with E-state index in [1.807, 2.05) is 12.1 Å². The fraction of sp³-hybridized carbons (Fsp3) is 0.0588. The van der Waals surface area contributed by atoms with Crippen LogP contribution in [0.15, 0.2) is 60.2 Å². The van der Waals surface area contributed by atoms with Crippen molar-refractivity contribution >= 4 is 12.2 Å². The van der Waals surface area contributed by atoms with Gasteiger partial charge in [-0.05, 0) is 40.8 Å². The van der Waals surface area contributed by atoms with Gasteiger partial charge >= 0.3 is 0 Å². The van der Waals surface area contributed by atoms with Gasteiger partial charge in [-0.1, -0.05) is 54.6 Å². The largest absolute Gasteiger partial charge is 0.508 e. The summed E-state index contributed by atoms with van der Waals surface area (Å²) in [5.41, 5.74) is 5.14. The quantitative estimate of drug-likeness (QED) is 0.831. The molecule has 0 bridgehead atoms. The van der Waals surface area contributed by atoms with Crippen LogP contribution in [0.5, 0.6) is 5.75 Å². The molecular formula is C17H14O. The van der Waals surface area contributed by atoms with E-state index in [0.29, 0.717) is 5.75 Å². The summed E-state index contributed by atoms with van der Waals surface area (Å²) in [6.45, 7) is 0. The highest BCUT2D eigenvalue weighted by Crippen LogP contribution is 2.25. The van der Waals surface area contributed by atoms with E-state index in [-0.39, 0.29) is 0 Å². The summed E-state index contributed by atoms with van der Waals surface area (Å²) in [6, 6.07) is 15.7. The van der Waals surface area contributed by atoms with Crippen molar-refractivity contribution in [3.8, 4) is 5.75 Å². The van der Waals surface area contributed by atoms with Gasteiger partial charge in [0, 0.05) is 0 Å². The van der Waals surface area contributed by atoms with Gasteiger partial charge in [-0.15, -0.1) is 0 Å².